The molecule has 3 aromatic rings. The summed E-state index contributed by atoms with van der Waals surface area (Å²) in [6, 6.07) is 6.45. The zero-order valence-electron chi connectivity index (χ0n) is 21.6. The second-order valence-corrected chi connectivity index (χ2v) is 11.9. The molecule has 0 aliphatic carbocycles. The molecular weight excluding hydrogens is 615 g/mol. The maximum atomic E-state index is 14.6. The van der Waals surface area contributed by atoms with Crippen molar-refractivity contribution in [2.45, 2.75) is 50.7 Å². The van der Waals surface area contributed by atoms with Crippen molar-refractivity contribution in [3.8, 4) is 0 Å². The van der Waals surface area contributed by atoms with Gasteiger partial charge in [0, 0.05) is 43.1 Å². The summed E-state index contributed by atoms with van der Waals surface area (Å²) < 4.78 is 107. The molecule has 226 valence electrons. The Hall–Kier alpha value is -2.97. The number of benzene rings is 2. The molecule has 0 saturated carbocycles. The van der Waals surface area contributed by atoms with Gasteiger partial charge in [0.25, 0.3) is 0 Å². The number of nitrogens with zero attached hydrogens (tertiary/aromatic N) is 4. The molecule has 5 rings (SSSR count). The standard InChI is InChI=1S/C25H23ClF6N5O4P/c26-16-3-1-2-14(8-16)21-4-7-40-42(39,41-21)35-17(9-15-10-19(28)20(29)12-18(15)27)11-23(38)36-5-6-37-22(13-36)33-34-24(37)25(30,31)32/h1-3,8,10,12,17,21H,4-7,9,11,13H2,(H,35,39)/t17-,21?,42?/m1/s1. The molecule has 9 nitrogen and oxygen atoms in total. The highest BCUT2D eigenvalue weighted by molar-refractivity contribution is 7.51. The zero-order chi connectivity index (χ0) is 30.2. The van der Waals surface area contributed by atoms with Gasteiger partial charge in [-0.25, -0.2) is 22.8 Å². The number of rotatable bonds is 7. The van der Waals surface area contributed by atoms with Crippen LogP contribution in [0.2, 0.25) is 5.02 Å². The summed E-state index contributed by atoms with van der Waals surface area (Å²) in [5.41, 5.74) is 0.296. The number of carbonyl (C=O) groups excluding carboxylic acids is 1. The van der Waals surface area contributed by atoms with Gasteiger partial charge >= 0.3 is 13.9 Å². The maximum absolute atomic E-state index is 14.6. The van der Waals surface area contributed by atoms with E-state index < -0.39 is 68.1 Å². The highest BCUT2D eigenvalue weighted by Gasteiger charge is 2.41. The van der Waals surface area contributed by atoms with Gasteiger partial charge in [-0.3, -0.25) is 13.8 Å². The highest BCUT2D eigenvalue weighted by atomic mass is 35.5. The first-order valence-corrected chi connectivity index (χ1v) is 14.6. The minimum absolute atomic E-state index is 0.00894. The van der Waals surface area contributed by atoms with Crippen molar-refractivity contribution < 1.29 is 44.7 Å². The van der Waals surface area contributed by atoms with Crippen molar-refractivity contribution in [3.63, 3.8) is 0 Å². The van der Waals surface area contributed by atoms with E-state index in [2.05, 4.69) is 15.3 Å². The molecule has 1 saturated heterocycles. The Balaban J connectivity index is 1.36. The fourth-order valence-electron chi connectivity index (χ4n) is 4.83. The Kier molecular flexibility index (Phi) is 8.68. The summed E-state index contributed by atoms with van der Waals surface area (Å²) in [5, 5.41) is 9.78. The third-order valence-corrected chi connectivity index (χ3v) is 8.78. The lowest BCUT2D eigenvalue weighted by atomic mass is 10.0. The molecule has 1 aromatic heterocycles. The second-order valence-electron chi connectivity index (χ2n) is 9.76. The van der Waals surface area contributed by atoms with Gasteiger partial charge in [0.2, 0.25) is 11.7 Å². The van der Waals surface area contributed by atoms with Crippen LogP contribution in [0.15, 0.2) is 36.4 Å². The molecular formula is C25H23ClF6N5O4P. The Labute approximate surface area is 240 Å². The molecule has 2 aliphatic rings. The Bertz CT molecular complexity index is 1540. The Morgan fingerprint density at radius 1 is 1.12 bits per heavy atom. The summed E-state index contributed by atoms with van der Waals surface area (Å²) in [6.45, 7) is -0.661. The highest BCUT2D eigenvalue weighted by Crippen LogP contribution is 2.53. The average molecular weight is 638 g/mol. The van der Waals surface area contributed by atoms with Crippen LogP contribution in [0.3, 0.4) is 0 Å². The van der Waals surface area contributed by atoms with Crippen LogP contribution < -0.4 is 5.09 Å². The van der Waals surface area contributed by atoms with Crippen molar-refractivity contribution >= 4 is 25.3 Å². The third kappa shape index (κ3) is 6.81. The SMILES string of the molecule is O=C(C[C@@H](Cc1cc(F)c(F)cc1F)NP1(=O)OCCC(c2cccc(Cl)c2)O1)N1CCn2c(nnc2C(F)(F)F)C1. The van der Waals surface area contributed by atoms with E-state index in [0.717, 1.165) is 4.57 Å². The molecule has 17 heteroatoms. The number of aromatic nitrogens is 3. The number of hydrogen-bond donors (Lipinski definition) is 1. The number of carbonyl (C=O) groups is 1. The smallest absolute Gasteiger partial charge is 0.333 e. The number of hydrogen-bond acceptors (Lipinski definition) is 6. The van der Waals surface area contributed by atoms with E-state index in [1.54, 1.807) is 24.3 Å². The largest absolute Gasteiger partial charge is 0.451 e. The van der Waals surface area contributed by atoms with Crippen LogP contribution in [0, 0.1) is 17.5 Å². The van der Waals surface area contributed by atoms with Crippen molar-refractivity contribution in [2.75, 3.05) is 13.2 Å². The second kappa shape index (κ2) is 12.0. The molecule has 2 unspecified atom stereocenters. The average Bonchev–Trinajstić information content (AvgIpc) is 3.36. The van der Waals surface area contributed by atoms with E-state index in [4.69, 9.17) is 20.6 Å². The van der Waals surface area contributed by atoms with Gasteiger partial charge in [-0.2, -0.15) is 13.2 Å². The molecule has 0 bridgehead atoms. The van der Waals surface area contributed by atoms with Gasteiger partial charge in [0.15, 0.2) is 17.5 Å². The molecule has 3 atom stereocenters. The van der Waals surface area contributed by atoms with Crippen molar-refractivity contribution in [3.05, 3.63) is 81.6 Å². The summed E-state index contributed by atoms with van der Waals surface area (Å²) in [7, 11) is -4.15. The van der Waals surface area contributed by atoms with Crippen molar-refractivity contribution in [1.29, 1.82) is 0 Å². The fourth-order valence-corrected chi connectivity index (χ4v) is 6.76. The normalized spacial score (nSPS) is 21.7. The van der Waals surface area contributed by atoms with Crippen LogP contribution >= 0.6 is 19.3 Å². The van der Waals surface area contributed by atoms with Crippen LogP contribution in [-0.2, 0) is 44.1 Å². The number of alkyl halides is 3. The summed E-state index contributed by atoms with van der Waals surface area (Å²) in [6.07, 6.45) is -6.02. The zero-order valence-corrected chi connectivity index (χ0v) is 23.2. The molecule has 1 amide bonds. The van der Waals surface area contributed by atoms with E-state index in [-0.39, 0.29) is 37.6 Å². The molecule has 0 spiro atoms. The number of halogens is 7. The minimum Gasteiger partial charge on any atom is -0.333 e. The summed E-state index contributed by atoms with van der Waals surface area (Å²) >= 11 is 6.06. The van der Waals surface area contributed by atoms with Crippen LogP contribution in [0.5, 0.6) is 0 Å². The van der Waals surface area contributed by atoms with E-state index >= 15 is 0 Å². The van der Waals surface area contributed by atoms with Crippen LogP contribution in [-0.4, -0.2) is 44.8 Å². The van der Waals surface area contributed by atoms with Gasteiger partial charge < -0.3 is 9.47 Å². The number of amides is 1. The van der Waals surface area contributed by atoms with Gasteiger partial charge in [0.05, 0.1) is 19.3 Å². The lowest BCUT2D eigenvalue weighted by Gasteiger charge is -2.34. The molecule has 0 radical (unpaired) electrons. The lowest BCUT2D eigenvalue weighted by molar-refractivity contribution is -0.148. The van der Waals surface area contributed by atoms with Gasteiger partial charge in [-0.15, -0.1) is 10.2 Å². The predicted octanol–water partition coefficient (Wildman–Crippen LogP) is 5.59. The molecule has 1 fully saturated rings. The number of fused-ring (bicyclic) bond motifs is 1. The van der Waals surface area contributed by atoms with Crippen molar-refractivity contribution in [1.82, 2.24) is 24.8 Å². The maximum Gasteiger partial charge on any atom is 0.451 e. The van der Waals surface area contributed by atoms with Gasteiger partial charge in [-0.05, 0) is 35.7 Å². The summed E-state index contributed by atoms with van der Waals surface area (Å²) in [4.78, 5) is 14.5. The first-order chi connectivity index (χ1) is 19.8. The van der Waals surface area contributed by atoms with Gasteiger partial charge in [-0.1, -0.05) is 23.7 Å². The lowest BCUT2D eigenvalue weighted by Crippen LogP contribution is -2.43. The van der Waals surface area contributed by atoms with E-state index in [1.807, 2.05) is 0 Å². The van der Waals surface area contributed by atoms with E-state index in [1.165, 1.54) is 4.90 Å². The molecule has 2 aliphatic heterocycles. The predicted molar refractivity (Wildman–Crippen MR) is 135 cm³/mol. The quantitative estimate of drug-likeness (QED) is 0.205. The van der Waals surface area contributed by atoms with Crippen molar-refractivity contribution in [2.24, 2.45) is 0 Å². The first-order valence-electron chi connectivity index (χ1n) is 12.7. The van der Waals surface area contributed by atoms with E-state index in [9.17, 15) is 35.7 Å². The molecule has 42 heavy (non-hydrogen) atoms. The Morgan fingerprint density at radius 3 is 2.62 bits per heavy atom. The van der Waals surface area contributed by atoms with Crippen LogP contribution in [0.4, 0.5) is 26.3 Å². The van der Waals surface area contributed by atoms with Crippen LogP contribution in [0.25, 0.3) is 0 Å². The minimum atomic E-state index is -4.73. The van der Waals surface area contributed by atoms with E-state index in [0.29, 0.717) is 29.1 Å². The van der Waals surface area contributed by atoms with Gasteiger partial charge in [0.1, 0.15) is 5.82 Å². The topological polar surface area (TPSA) is 98.6 Å². The third-order valence-electron chi connectivity index (χ3n) is 6.80. The fraction of sp³-hybridized carbons (Fsp3) is 0.400. The molecule has 1 N–H and O–H groups in total. The Morgan fingerprint density at radius 2 is 1.88 bits per heavy atom. The van der Waals surface area contributed by atoms with Crippen LogP contribution in [0.1, 0.15) is 41.7 Å². The molecule has 2 aromatic carbocycles. The molecule has 3 heterocycles. The summed E-state index contributed by atoms with van der Waals surface area (Å²) in [5.74, 6) is -5.73. The monoisotopic (exact) mass is 637 g/mol. The number of nitrogens with one attached hydrogen (secondary N) is 1. The first kappa shape index (κ1) is 30.5.